The monoisotopic (exact) mass is 762 g/mol. The lowest BCUT2D eigenvalue weighted by atomic mass is 9.85. The predicted molar refractivity (Wildman–Crippen MR) is 213 cm³/mol. The fourth-order valence-electron chi connectivity index (χ4n) is 8.09. The van der Waals surface area contributed by atoms with Crippen LogP contribution in [0.15, 0.2) is 60.7 Å². The molecule has 0 spiro atoms. The van der Waals surface area contributed by atoms with Gasteiger partial charge in [0, 0.05) is 13.1 Å². The van der Waals surface area contributed by atoms with E-state index in [1.807, 2.05) is 65.8 Å². The summed E-state index contributed by atoms with van der Waals surface area (Å²) in [6, 6.07) is 18.1. The minimum absolute atomic E-state index is 0.246. The third kappa shape index (κ3) is 7.64. The number of likely N-dealkylation sites (tertiary alicyclic amines) is 2. The molecule has 0 radical (unpaired) electrons. The van der Waals surface area contributed by atoms with Crippen LogP contribution in [-0.2, 0) is 9.59 Å². The van der Waals surface area contributed by atoms with Crippen LogP contribution in [0.1, 0.15) is 91.0 Å². The van der Waals surface area contributed by atoms with Crippen LogP contribution >= 0.6 is 0 Å². The molecule has 2 aliphatic rings. The van der Waals surface area contributed by atoms with E-state index in [4.69, 9.17) is 9.97 Å². The van der Waals surface area contributed by atoms with Crippen molar-refractivity contribution in [1.29, 1.82) is 0 Å². The predicted octanol–water partition coefficient (Wildman–Crippen LogP) is 7.46. The SMILES string of the molecule is CC(C)(C)[C@H](NC(=O)O)C(=O)N1CCC[C@H]1c1nc2ccc(-c3ccc(-c4ccc5nc([C@@H]6CCCN6C(=O)[C@@H](NC(=O)O)C(C)(C)C)[nH]c5c4)cc3)cc2[nH]1. The zero-order chi connectivity index (χ0) is 40.1. The van der Waals surface area contributed by atoms with Crippen molar-refractivity contribution in [1.82, 2.24) is 40.4 Å². The summed E-state index contributed by atoms with van der Waals surface area (Å²) in [7, 11) is 0. The van der Waals surface area contributed by atoms with Gasteiger partial charge < -0.3 is 40.6 Å². The van der Waals surface area contributed by atoms with E-state index in [0.29, 0.717) is 24.7 Å². The van der Waals surface area contributed by atoms with Crippen LogP contribution in [0.2, 0.25) is 0 Å². The molecule has 0 aliphatic carbocycles. The van der Waals surface area contributed by atoms with Gasteiger partial charge in [0.15, 0.2) is 0 Å². The molecule has 0 unspecified atom stereocenters. The lowest BCUT2D eigenvalue weighted by molar-refractivity contribution is -0.137. The van der Waals surface area contributed by atoms with Gasteiger partial charge in [0.25, 0.3) is 0 Å². The summed E-state index contributed by atoms with van der Waals surface area (Å²) in [6.45, 7) is 12.2. The van der Waals surface area contributed by atoms with Crippen LogP contribution in [-0.4, -0.2) is 89.1 Å². The van der Waals surface area contributed by atoms with E-state index < -0.39 is 35.1 Å². The van der Waals surface area contributed by atoms with Crippen molar-refractivity contribution in [2.24, 2.45) is 10.8 Å². The summed E-state index contributed by atoms with van der Waals surface area (Å²) in [5.74, 6) is 0.889. The Hall–Kier alpha value is -5.92. The topological polar surface area (TPSA) is 197 Å². The second-order valence-electron chi connectivity index (χ2n) is 17.2. The van der Waals surface area contributed by atoms with E-state index in [9.17, 15) is 29.4 Å². The van der Waals surface area contributed by atoms with Gasteiger partial charge in [-0.2, -0.15) is 0 Å². The van der Waals surface area contributed by atoms with Crippen molar-refractivity contribution >= 4 is 46.1 Å². The average molecular weight is 763 g/mol. The zero-order valence-corrected chi connectivity index (χ0v) is 32.6. The number of nitrogens with zero attached hydrogens (tertiary/aromatic N) is 4. The fraction of sp³-hybridized carbons (Fsp3) is 0.429. The molecule has 2 aliphatic heterocycles. The lowest BCUT2D eigenvalue weighted by Gasteiger charge is -2.34. The highest BCUT2D eigenvalue weighted by Gasteiger charge is 2.42. The van der Waals surface area contributed by atoms with Gasteiger partial charge in [-0.25, -0.2) is 19.6 Å². The second kappa shape index (κ2) is 14.6. The van der Waals surface area contributed by atoms with Crippen LogP contribution < -0.4 is 10.6 Å². The molecule has 0 saturated carbocycles. The lowest BCUT2D eigenvalue weighted by Crippen LogP contribution is -2.54. The first-order valence-electron chi connectivity index (χ1n) is 19.2. The van der Waals surface area contributed by atoms with Gasteiger partial charge in [0.05, 0.1) is 34.2 Å². The highest BCUT2D eigenvalue weighted by Crippen LogP contribution is 2.37. The van der Waals surface area contributed by atoms with Crippen molar-refractivity contribution in [2.75, 3.05) is 13.1 Å². The first kappa shape index (κ1) is 38.4. The summed E-state index contributed by atoms with van der Waals surface area (Å²) in [5.41, 5.74) is 6.16. The van der Waals surface area contributed by atoms with Gasteiger partial charge in [0.2, 0.25) is 11.8 Å². The third-order valence-electron chi connectivity index (χ3n) is 11.0. The molecule has 2 aromatic heterocycles. The number of fused-ring (bicyclic) bond motifs is 2. The molecule has 56 heavy (non-hydrogen) atoms. The molecule has 4 heterocycles. The summed E-state index contributed by atoms with van der Waals surface area (Å²) < 4.78 is 0. The first-order valence-corrected chi connectivity index (χ1v) is 19.2. The Bertz CT molecular complexity index is 2140. The minimum Gasteiger partial charge on any atom is -0.465 e. The maximum atomic E-state index is 13.6. The van der Waals surface area contributed by atoms with Crippen LogP contribution in [0.3, 0.4) is 0 Å². The van der Waals surface area contributed by atoms with Gasteiger partial charge in [0.1, 0.15) is 23.7 Å². The van der Waals surface area contributed by atoms with Crippen LogP contribution in [0.5, 0.6) is 0 Å². The largest absolute Gasteiger partial charge is 0.465 e. The summed E-state index contributed by atoms with van der Waals surface area (Å²) in [6.07, 6.45) is 0.624. The number of aromatic amines is 2. The van der Waals surface area contributed by atoms with E-state index in [1.165, 1.54) is 0 Å². The number of hydrogen-bond acceptors (Lipinski definition) is 6. The Morgan fingerprint density at radius 3 is 1.32 bits per heavy atom. The van der Waals surface area contributed by atoms with E-state index in [1.54, 1.807) is 9.80 Å². The average Bonchev–Trinajstić information content (AvgIpc) is 3.96. The highest BCUT2D eigenvalue weighted by molar-refractivity contribution is 5.89. The molecule has 294 valence electrons. The Labute approximate surface area is 325 Å². The normalized spacial score (nSPS) is 18.7. The molecule has 2 saturated heterocycles. The number of nitrogens with one attached hydrogen (secondary N) is 4. The van der Waals surface area contributed by atoms with E-state index >= 15 is 0 Å². The Kier molecular flexibility index (Phi) is 10.0. The molecule has 4 amide bonds. The molecule has 14 heteroatoms. The van der Waals surface area contributed by atoms with Gasteiger partial charge in [-0.15, -0.1) is 0 Å². The molecule has 6 N–H and O–H groups in total. The second-order valence-corrected chi connectivity index (χ2v) is 17.2. The number of aromatic nitrogens is 4. The van der Waals surface area contributed by atoms with Crippen LogP contribution in [0.25, 0.3) is 44.3 Å². The molecule has 2 fully saturated rings. The van der Waals surface area contributed by atoms with Crippen molar-refractivity contribution in [3.8, 4) is 22.3 Å². The standard InChI is InChI=1S/C42H50N8O6/c1-41(2,3)33(47-39(53)54)37(51)49-19-7-9-31(49)35-43-27-17-15-25(21-29(27)45-35)23-11-13-24(14-12-23)26-16-18-28-30(22-26)46-36(44-28)32-10-8-20-50(32)38(52)34(42(4,5)6)48-40(55)56/h11-18,21-22,31-34,47-48H,7-10,19-20H2,1-6H3,(H,43,45)(H,44,46)(H,53,54)(H,55,56)/t31-,32-,33+,34+/m0/s1. The number of carbonyl (C=O) groups is 4. The van der Waals surface area contributed by atoms with Gasteiger partial charge in [-0.1, -0.05) is 77.9 Å². The summed E-state index contributed by atoms with van der Waals surface area (Å²) >= 11 is 0. The summed E-state index contributed by atoms with van der Waals surface area (Å²) in [4.78, 5) is 70.5. The van der Waals surface area contributed by atoms with E-state index in [2.05, 4.69) is 57.0 Å². The van der Waals surface area contributed by atoms with Gasteiger partial charge >= 0.3 is 12.2 Å². The van der Waals surface area contributed by atoms with E-state index in [0.717, 1.165) is 70.0 Å². The van der Waals surface area contributed by atoms with Crippen molar-refractivity contribution < 1.29 is 29.4 Å². The van der Waals surface area contributed by atoms with E-state index in [-0.39, 0.29) is 23.9 Å². The molecule has 5 aromatic rings. The number of benzene rings is 3. The number of carboxylic acid groups (broad SMARTS) is 2. The minimum atomic E-state index is -1.22. The van der Waals surface area contributed by atoms with Crippen molar-refractivity contribution in [3.05, 3.63) is 72.3 Å². The molecule has 3 aromatic carbocycles. The summed E-state index contributed by atoms with van der Waals surface area (Å²) in [5, 5.41) is 23.7. The number of imidazole rings is 2. The molecular weight excluding hydrogens is 713 g/mol. The van der Waals surface area contributed by atoms with Crippen LogP contribution in [0.4, 0.5) is 9.59 Å². The highest BCUT2D eigenvalue weighted by atomic mass is 16.4. The van der Waals surface area contributed by atoms with Crippen molar-refractivity contribution in [2.45, 2.75) is 91.4 Å². The van der Waals surface area contributed by atoms with Crippen LogP contribution in [0, 0.1) is 10.8 Å². The molecular formula is C42H50N8O6. The third-order valence-corrected chi connectivity index (χ3v) is 11.0. The van der Waals surface area contributed by atoms with Gasteiger partial charge in [-0.3, -0.25) is 9.59 Å². The number of rotatable bonds is 8. The Morgan fingerprint density at radius 2 is 0.982 bits per heavy atom. The molecule has 4 atom stereocenters. The zero-order valence-electron chi connectivity index (χ0n) is 32.6. The molecule has 7 rings (SSSR count). The fourth-order valence-corrected chi connectivity index (χ4v) is 8.09. The molecule has 14 nitrogen and oxygen atoms in total. The Morgan fingerprint density at radius 1 is 0.625 bits per heavy atom. The number of H-pyrrole nitrogens is 2. The maximum absolute atomic E-state index is 13.6. The molecule has 0 bridgehead atoms. The van der Waals surface area contributed by atoms with Gasteiger partial charge in [-0.05, 0) is 83.0 Å². The first-order chi connectivity index (χ1) is 26.5. The van der Waals surface area contributed by atoms with Crippen molar-refractivity contribution in [3.63, 3.8) is 0 Å². The quantitative estimate of drug-likeness (QED) is 0.0936. The number of amides is 4. The smallest absolute Gasteiger partial charge is 0.405 e. The maximum Gasteiger partial charge on any atom is 0.405 e. The number of hydrogen-bond donors (Lipinski definition) is 6. The Balaban J connectivity index is 1.08. The number of carbonyl (C=O) groups excluding carboxylic acids is 2.